The molecule has 2 fully saturated rings. The first kappa shape index (κ1) is 15.3. The van der Waals surface area contributed by atoms with Gasteiger partial charge in [-0.1, -0.05) is 0 Å². The molecular formula is C14H25N3O3. The highest BCUT2D eigenvalue weighted by atomic mass is 16.5. The number of methoxy groups -OCH3 is 1. The molecule has 0 aromatic rings. The predicted octanol–water partition coefficient (Wildman–Crippen LogP) is 0.0115. The van der Waals surface area contributed by atoms with E-state index in [2.05, 4.69) is 5.32 Å². The summed E-state index contributed by atoms with van der Waals surface area (Å²) in [5, 5.41) is 3.26. The summed E-state index contributed by atoms with van der Waals surface area (Å²) in [6, 6.07) is 0.116. The van der Waals surface area contributed by atoms with Gasteiger partial charge in [0.2, 0.25) is 11.8 Å². The molecule has 0 spiro atoms. The van der Waals surface area contributed by atoms with Gasteiger partial charge in [0, 0.05) is 13.2 Å². The van der Waals surface area contributed by atoms with Crippen LogP contribution in [0.15, 0.2) is 0 Å². The van der Waals surface area contributed by atoms with Gasteiger partial charge in [0.25, 0.3) is 0 Å². The van der Waals surface area contributed by atoms with Crippen molar-refractivity contribution in [1.29, 1.82) is 0 Å². The summed E-state index contributed by atoms with van der Waals surface area (Å²) in [6.07, 6.45) is 5.06. The molecule has 1 aliphatic heterocycles. The molecule has 2 aliphatic rings. The Hall–Kier alpha value is -1.14. The van der Waals surface area contributed by atoms with Gasteiger partial charge in [0.05, 0.1) is 18.6 Å². The van der Waals surface area contributed by atoms with Crippen molar-refractivity contribution in [1.82, 2.24) is 10.2 Å². The maximum Gasteiger partial charge on any atom is 0.237 e. The number of nitrogens with one attached hydrogen (secondary N) is 1. The van der Waals surface area contributed by atoms with E-state index in [0.29, 0.717) is 6.42 Å². The second-order valence-corrected chi connectivity index (χ2v) is 5.89. The quantitative estimate of drug-likeness (QED) is 0.719. The molecule has 0 unspecified atom stereocenters. The maximum atomic E-state index is 12.6. The number of nitrogens with zero attached hydrogens (tertiary/aromatic N) is 1. The van der Waals surface area contributed by atoms with Gasteiger partial charge in [-0.2, -0.15) is 0 Å². The molecule has 6 heteroatoms. The second kappa shape index (κ2) is 6.54. The van der Waals surface area contributed by atoms with Crippen LogP contribution in [0.3, 0.4) is 0 Å². The van der Waals surface area contributed by atoms with E-state index in [-0.39, 0.29) is 24.1 Å². The lowest BCUT2D eigenvalue weighted by atomic mass is 9.77. The molecule has 1 heterocycles. The van der Waals surface area contributed by atoms with E-state index in [4.69, 9.17) is 10.5 Å². The number of ether oxygens (including phenoxy) is 1. The number of hydrogen-bond acceptors (Lipinski definition) is 4. The van der Waals surface area contributed by atoms with Gasteiger partial charge in [0.1, 0.15) is 0 Å². The Balaban J connectivity index is 2.01. The van der Waals surface area contributed by atoms with Gasteiger partial charge in [-0.15, -0.1) is 0 Å². The Morgan fingerprint density at radius 2 is 2.00 bits per heavy atom. The lowest BCUT2D eigenvalue weighted by molar-refractivity contribution is -0.149. The van der Waals surface area contributed by atoms with Crippen LogP contribution in [0.1, 0.15) is 38.5 Å². The number of amides is 2. The molecular weight excluding hydrogens is 258 g/mol. The summed E-state index contributed by atoms with van der Waals surface area (Å²) in [7, 11) is 1.66. The van der Waals surface area contributed by atoms with Gasteiger partial charge in [0.15, 0.2) is 0 Å². The van der Waals surface area contributed by atoms with Crippen LogP contribution in [0.2, 0.25) is 0 Å². The topological polar surface area (TPSA) is 84.7 Å². The normalized spacial score (nSPS) is 22.1. The van der Waals surface area contributed by atoms with Crippen LogP contribution in [-0.2, 0) is 14.3 Å². The van der Waals surface area contributed by atoms with Crippen molar-refractivity contribution in [2.75, 3.05) is 26.7 Å². The first-order valence-electron chi connectivity index (χ1n) is 7.40. The zero-order valence-corrected chi connectivity index (χ0v) is 12.2. The first-order valence-corrected chi connectivity index (χ1v) is 7.40. The zero-order valence-electron chi connectivity index (χ0n) is 12.2. The summed E-state index contributed by atoms with van der Waals surface area (Å²) >= 11 is 0. The summed E-state index contributed by atoms with van der Waals surface area (Å²) in [6.45, 7) is 1.77. The van der Waals surface area contributed by atoms with Crippen molar-refractivity contribution < 1.29 is 14.3 Å². The minimum atomic E-state index is -0.447. The fourth-order valence-corrected chi connectivity index (χ4v) is 3.11. The molecule has 20 heavy (non-hydrogen) atoms. The van der Waals surface area contributed by atoms with Gasteiger partial charge < -0.3 is 20.7 Å². The third-order valence-corrected chi connectivity index (χ3v) is 4.57. The second-order valence-electron chi connectivity index (χ2n) is 5.89. The highest BCUT2D eigenvalue weighted by molar-refractivity contribution is 5.84. The number of primary amides is 1. The van der Waals surface area contributed by atoms with E-state index >= 15 is 0 Å². The molecule has 6 nitrogen and oxygen atoms in total. The molecule has 3 N–H and O–H groups in total. The fraction of sp³-hybridized carbons (Fsp3) is 0.857. The summed E-state index contributed by atoms with van der Waals surface area (Å²) in [5.74, 6) is -0.450. The fourth-order valence-electron chi connectivity index (χ4n) is 3.11. The molecule has 1 saturated heterocycles. The highest BCUT2D eigenvalue weighted by Crippen LogP contribution is 2.38. The third kappa shape index (κ3) is 3.49. The first-order chi connectivity index (χ1) is 9.56. The summed E-state index contributed by atoms with van der Waals surface area (Å²) in [5.41, 5.74) is 5.00. The Kier molecular flexibility index (Phi) is 4.99. The van der Waals surface area contributed by atoms with E-state index in [1.807, 2.05) is 0 Å². The molecule has 2 rings (SSSR count). The number of hydrogen-bond donors (Lipinski definition) is 2. The summed E-state index contributed by atoms with van der Waals surface area (Å²) in [4.78, 5) is 25.5. The van der Waals surface area contributed by atoms with Crippen molar-refractivity contribution in [3.63, 3.8) is 0 Å². The highest BCUT2D eigenvalue weighted by Gasteiger charge is 2.41. The minimum absolute atomic E-state index is 0.00255. The van der Waals surface area contributed by atoms with Crippen molar-refractivity contribution in [2.45, 2.75) is 50.2 Å². The SMILES string of the molecule is COC1(CC(=O)N(CC(N)=O)C2CCNCC2)CCC1. The Bertz CT molecular complexity index is 357. The largest absolute Gasteiger partial charge is 0.378 e. The minimum Gasteiger partial charge on any atom is -0.378 e. The Labute approximate surface area is 120 Å². The standard InChI is InChI=1S/C14H25N3O3/c1-20-14(5-2-6-14)9-13(19)17(10-12(15)18)11-3-7-16-8-4-11/h11,16H,2-10H2,1H3,(H2,15,18). The van der Waals surface area contributed by atoms with E-state index in [9.17, 15) is 9.59 Å². The smallest absolute Gasteiger partial charge is 0.237 e. The molecule has 0 aromatic carbocycles. The maximum absolute atomic E-state index is 12.6. The van der Waals surface area contributed by atoms with E-state index in [1.54, 1.807) is 12.0 Å². The molecule has 1 saturated carbocycles. The average molecular weight is 283 g/mol. The molecule has 0 radical (unpaired) electrons. The van der Waals surface area contributed by atoms with Crippen LogP contribution in [0.5, 0.6) is 0 Å². The van der Waals surface area contributed by atoms with Crippen LogP contribution >= 0.6 is 0 Å². The van der Waals surface area contributed by atoms with Crippen LogP contribution in [0, 0.1) is 0 Å². The van der Waals surface area contributed by atoms with Crippen LogP contribution < -0.4 is 11.1 Å². The van der Waals surface area contributed by atoms with Gasteiger partial charge >= 0.3 is 0 Å². The number of nitrogens with two attached hydrogens (primary N) is 1. The van der Waals surface area contributed by atoms with E-state index < -0.39 is 5.91 Å². The van der Waals surface area contributed by atoms with Gasteiger partial charge in [-0.05, 0) is 45.2 Å². The number of carbonyl (C=O) groups is 2. The van der Waals surface area contributed by atoms with Crippen molar-refractivity contribution in [2.24, 2.45) is 5.73 Å². The van der Waals surface area contributed by atoms with E-state index in [1.165, 1.54) is 0 Å². The van der Waals surface area contributed by atoms with Crippen molar-refractivity contribution >= 4 is 11.8 Å². The average Bonchev–Trinajstić information content (AvgIpc) is 2.41. The van der Waals surface area contributed by atoms with Crippen LogP contribution in [0.25, 0.3) is 0 Å². The lowest BCUT2D eigenvalue weighted by Crippen LogP contribution is -2.52. The molecule has 114 valence electrons. The molecule has 0 aromatic heterocycles. The number of carbonyl (C=O) groups excluding carboxylic acids is 2. The number of piperidine rings is 1. The van der Waals surface area contributed by atoms with Crippen molar-refractivity contribution in [3.8, 4) is 0 Å². The Morgan fingerprint density at radius 3 is 2.45 bits per heavy atom. The molecule has 1 aliphatic carbocycles. The zero-order chi connectivity index (χ0) is 14.6. The van der Waals surface area contributed by atoms with Gasteiger partial charge in [-0.25, -0.2) is 0 Å². The van der Waals surface area contributed by atoms with Crippen molar-refractivity contribution in [3.05, 3.63) is 0 Å². The molecule has 0 atom stereocenters. The molecule has 2 amide bonds. The summed E-state index contributed by atoms with van der Waals surface area (Å²) < 4.78 is 5.51. The Morgan fingerprint density at radius 1 is 1.35 bits per heavy atom. The molecule has 0 bridgehead atoms. The van der Waals surface area contributed by atoms with Gasteiger partial charge in [-0.3, -0.25) is 9.59 Å². The third-order valence-electron chi connectivity index (χ3n) is 4.57. The predicted molar refractivity (Wildman–Crippen MR) is 75.0 cm³/mol. The number of rotatable bonds is 6. The monoisotopic (exact) mass is 283 g/mol. The van der Waals surface area contributed by atoms with Crippen LogP contribution in [-0.4, -0.2) is 55.1 Å². The van der Waals surface area contributed by atoms with Crippen LogP contribution in [0.4, 0.5) is 0 Å². The van der Waals surface area contributed by atoms with E-state index in [0.717, 1.165) is 45.2 Å². The lowest BCUT2D eigenvalue weighted by Gasteiger charge is -2.42.